The van der Waals surface area contributed by atoms with Crippen LogP contribution < -0.4 is 5.32 Å². The fourth-order valence-electron chi connectivity index (χ4n) is 1.52. The summed E-state index contributed by atoms with van der Waals surface area (Å²) in [7, 11) is 0. The summed E-state index contributed by atoms with van der Waals surface area (Å²) < 4.78 is 0. The zero-order chi connectivity index (χ0) is 13.6. The molecule has 0 amide bonds. The predicted octanol–water partition coefficient (Wildman–Crippen LogP) is 4.60. The van der Waals surface area contributed by atoms with Gasteiger partial charge >= 0.3 is 0 Å². The van der Waals surface area contributed by atoms with E-state index in [2.05, 4.69) is 39.1 Å². The first-order chi connectivity index (χ1) is 8.38. The maximum Gasteiger partial charge on any atom is 0.0446 e. The molecular formula is C15H24ClNS. The molecule has 1 aromatic carbocycles. The van der Waals surface area contributed by atoms with Gasteiger partial charge in [-0.25, -0.2) is 0 Å². The summed E-state index contributed by atoms with van der Waals surface area (Å²) in [6.45, 7) is 9.97. The maximum absolute atomic E-state index is 6.13. The van der Waals surface area contributed by atoms with Crippen molar-refractivity contribution in [2.75, 3.05) is 12.3 Å². The molecule has 0 aliphatic carbocycles. The Kier molecular flexibility index (Phi) is 6.54. The highest BCUT2D eigenvalue weighted by molar-refractivity contribution is 7.98. The topological polar surface area (TPSA) is 12.0 Å². The predicted molar refractivity (Wildman–Crippen MR) is 84.5 cm³/mol. The van der Waals surface area contributed by atoms with Gasteiger partial charge < -0.3 is 5.32 Å². The Bertz CT molecular complexity index is 360. The number of thioether (sulfide) groups is 1. The van der Waals surface area contributed by atoms with Gasteiger partial charge in [0.15, 0.2) is 0 Å². The Morgan fingerprint density at radius 3 is 2.56 bits per heavy atom. The van der Waals surface area contributed by atoms with Crippen LogP contribution in [-0.4, -0.2) is 17.8 Å². The summed E-state index contributed by atoms with van der Waals surface area (Å²) in [5, 5.41) is 4.42. The lowest BCUT2D eigenvalue weighted by atomic mass is 10.1. The van der Waals surface area contributed by atoms with Gasteiger partial charge in [-0.1, -0.05) is 36.7 Å². The van der Waals surface area contributed by atoms with Crippen molar-refractivity contribution in [3.8, 4) is 0 Å². The second-order valence-electron chi connectivity index (χ2n) is 5.84. The van der Waals surface area contributed by atoms with Gasteiger partial charge in [-0.2, -0.15) is 11.8 Å². The van der Waals surface area contributed by atoms with E-state index in [-0.39, 0.29) is 5.54 Å². The molecule has 1 N–H and O–H groups in total. The molecule has 0 saturated heterocycles. The minimum Gasteiger partial charge on any atom is -0.312 e. The molecule has 1 atom stereocenters. The van der Waals surface area contributed by atoms with Crippen molar-refractivity contribution in [3.63, 3.8) is 0 Å². The van der Waals surface area contributed by atoms with E-state index in [0.29, 0.717) is 5.92 Å². The van der Waals surface area contributed by atoms with E-state index in [0.717, 1.165) is 23.1 Å². The average Bonchev–Trinajstić information content (AvgIpc) is 2.28. The van der Waals surface area contributed by atoms with Gasteiger partial charge in [0.05, 0.1) is 0 Å². The Morgan fingerprint density at radius 1 is 1.28 bits per heavy atom. The van der Waals surface area contributed by atoms with Crippen LogP contribution in [0.5, 0.6) is 0 Å². The van der Waals surface area contributed by atoms with Crippen LogP contribution in [0.3, 0.4) is 0 Å². The Hall–Kier alpha value is -0.180. The van der Waals surface area contributed by atoms with Crippen molar-refractivity contribution in [3.05, 3.63) is 34.9 Å². The molecule has 0 bridgehead atoms. The van der Waals surface area contributed by atoms with Crippen LogP contribution in [0.25, 0.3) is 0 Å². The summed E-state index contributed by atoms with van der Waals surface area (Å²) in [6, 6.07) is 8.09. The van der Waals surface area contributed by atoms with Crippen LogP contribution in [0.15, 0.2) is 24.3 Å². The molecule has 0 fully saturated rings. The minimum atomic E-state index is 0.210. The van der Waals surface area contributed by atoms with Gasteiger partial charge in [-0.3, -0.25) is 0 Å². The molecule has 1 aromatic rings. The summed E-state index contributed by atoms with van der Waals surface area (Å²) >= 11 is 8.09. The number of benzene rings is 1. The molecule has 1 nitrogen and oxygen atoms in total. The molecule has 18 heavy (non-hydrogen) atoms. The summed E-state index contributed by atoms with van der Waals surface area (Å²) in [5.74, 6) is 2.84. The zero-order valence-electron chi connectivity index (χ0n) is 11.8. The van der Waals surface area contributed by atoms with Gasteiger partial charge in [-0.05, 0) is 50.6 Å². The minimum absolute atomic E-state index is 0.210. The highest BCUT2D eigenvalue weighted by Gasteiger charge is 2.11. The first-order valence-corrected chi connectivity index (χ1v) is 7.98. The number of rotatable bonds is 6. The normalized spacial score (nSPS) is 13.6. The average molecular weight is 286 g/mol. The van der Waals surface area contributed by atoms with Crippen molar-refractivity contribution in [2.45, 2.75) is 39.0 Å². The van der Waals surface area contributed by atoms with Crippen molar-refractivity contribution in [1.29, 1.82) is 0 Å². The van der Waals surface area contributed by atoms with E-state index < -0.39 is 0 Å². The Balaban J connectivity index is 2.24. The van der Waals surface area contributed by atoms with Crippen LogP contribution >= 0.6 is 23.4 Å². The molecule has 1 unspecified atom stereocenters. The van der Waals surface area contributed by atoms with Crippen LogP contribution in [0.4, 0.5) is 0 Å². The lowest BCUT2D eigenvalue weighted by Crippen LogP contribution is -2.39. The quantitative estimate of drug-likeness (QED) is 0.820. The molecule has 102 valence electrons. The number of nitrogens with one attached hydrogen (secondary N) is 1. The van der Waals surface area contributed by atoms with Crippen molar-refractivity contribution in [2.24, 2.45) is 5.92 Å². The highest BCUT2D eigenvalue weighted by atomic mass is 35.5. The van der Waals surface area contributed by atoms with E-state index in [1.165, 1.54) is 5.56 Å². The van der Waals surface area contributed by atoms with E-state index in [4.69, 9.17) is 11.6 Å². The molecule has 0 radical (unpaired) electrons. The summed E-state index contributed by atoms with van der Waals surface area (Å²) in [6.07, 6.45) is 0. The lowest BCUT2D eigenvalue weighted by Gasteiger charge is -2.23. The smallest absolute Gasteiger partial charge is 0.0446 e. The van der Waals surface area contributed by atoms with Crippen LogP contribution in [0, 0.1) is 5.92 Å². The standard InChI is InChI=1S/C15H24ClNS/c1-12(9-17-15(2,3)4)10-18-11-13-7-5-6-8-14(13)16/h5-8,12,17H,9-11H2,1-4H3. The van der Waals surface area contributed by atoms with Crippen molar-refractivity contribution >= 4 is 23.4 Å². The summed E-state index contributed by atoms with van der Waals surface area (Å²) in [5.41, 5.74) is 1.45. The first kappa shape index (κ1) is 15.9. The second-order valence-corrected chi connectivity index (χ2v) is 7.28. The third-order valence-electron chi connectivity index (χ3n) is 2.60. The van der Waals surface area contributed by atoms with Gasteiger partial charge in [0.2, 0.25) is 0 Å². The summed E-state index contributed by atoms with van der Waals surface area (Å²) in [4.78, 5) is 0. The van der Waals surface area contributed by atoms with Crippen molar-refractivity contribution < 1.29 is 0 Å². The molecule has 0 spiro atoms. The third kappa shape index (κ3) is 6.67. The van der Waals surface area contributed by atoms with Gasteiger partial charge in [0, 0.05) is 16.3 Å². The second kappa shape index (κ2) is 7.42. The van der Waals surface area contributed by atoms with Gasteiger partial charge in [0.25, 0.3) is 0 Å². The number of hydrogen-bond acceptors (Lipinski definition) is 2. The first-order valence-electron chi connectivity index (χ1n) is 6.44. The molecule has 0 aromatic heterocycles. The fraction of sp³-hybridized carbons (Fsp3) is 0.600. The monoisotopic (exact) mass is 285 g/mol. The molecule has 3 heteroatoms. The van der Waals surface area contributed by atoms with Gasteiger partial charge in [-0.15, -0.1) is 0 Å². The number of hydrogen-bond donors (Lipinski definition) is 1. The zero-order valence-corrected chi connectivity index (χ0v) is 13.4. The van der Waals surface area contributed by atoms with Crippen molar-refractivity contribution in [1.82, 2.24) is 5.32 Å². The SMILES string of the molecule is CC(CNC(C)(C)C)CSCc1ccccc1Cl. The van der Waals surface area contributed by atoms with Crippen LogP contribution in [0.2, 0.25) is 5.02 Å². The molecule has 0 saturated carbocycles. The Morgan fingerprint density at radius 2 is 1.94 bits per heavy atom. The van der Waals surface area contributed by atoms with E-state index in [1.54, 1.807) is 0 Å². The molecule has 0 aliphatic heterocycles. The van der Waals surface area contributed by atoms with Crippen LogP contribution in [0.1, 0.15) is 33.3 Å². The van der Waals surface area contributed by atoms with E-state index in [9.17, 15) is 0 Å². The fourth-order valence-corrected chi connectivity index (χ4v) is 2.92. The largest absolute Gasteiger partial charge is 0.312 e. The van der Waals surface area contributed by atoms with E-state index in [1.807, 2.05) is 30.0 Å². The molecule has 1 rings (SSSR count). The molecule has 0 heterocycles. The maximum atomic E-state index is 6.13. The number of halogens is 1. The third-order valence-corrected chi connectivity index (χ3v) is 4.29. The lowest BCUT2D eigenvalue weighted by molar-refractivity contribution is 0.395. The highest BCUT2D eigenvalue weighted by Crippen LogP contribution is 2.22. The Labute approximate surface area is 121 Å². The molecular weight excluding hydrogens is 262 g/mol. The van der Waals surface area contributed by atoms with E-state index >= 15 is 0 Å². The van der Waals surface area contributed by atoms with Gasteiger partial charge in [0.1, 0.15) is 0 Å². The van der Waals surface area contributed by atoms with Crippen LogP contribution in [-0.2, 0) is 5.75 Å². The molecule has 0 aliphatic rings.